The van der Waals surface area contributed by atoms with E-state index in [-0.39, 0.29) is 31.4 Å². The molecule has 144 valence electrons. The van der Waals surface area contributed by atoms with Crippen molar-refractivity contribution >= 4 is 11.8 Å². The first-order chi connectivity index (χ1) is 12.9. The minimum atomic E-state index is -2.88. The molecule has 2 aromatic carbocycles. The molecule has 0 bridgehead atoms. The van der Waals surface area contributed by atoms with Gasteiger partial charge >= 0.3 is 6.61 Å². The van der Waals surface area contributed by atoms with Crippen LogP contribution in [0.15, 0.2) is 54.6 Å². The molecular weight excluding hydrogens is 358 g/mol. The number of alkyl halides is 2. The Kier molecular flexibility index (Phi) is 7.54. The first-order valence-corrected chi connectivity index (χ1v) is 8.16. The Morgan fingerprint density at radius 3 is 2.33 bits per heavy atom. The third-order valence-electron chi connectivity index (χ3n) is 3.54. The van der Waals surface area contributed by atoms with Gasteiger partial charge in [0, 0.05) is 13.6 Å². The Bertz CT molecular complexity index is 739. The molecule has 2 amide bonds. The van der Waals surface area contributed by atoms with Gasteiger partial charge in [-0.25, -0.2) is 0 Å². The topological polar surface area (TPSA) is 67.9 Å². The van der Waals surface area contributed by atoms with Crippen molar-refractivity contribution in [2.45, 2.75) is 13.2 Å². The molecule has 0 radical (unpaired) electrons. The van der Waals surface area contributed by atoms with Crippen molar-refractivity contribution in [3.05, 3.63) is 60.2 Å². The molecule has 0 aliphatic carbocycles. The van der Waals surface area contributed by atoms with E-state index >= 15 is 0 Å². The van der Waals surface area contributed by atoms with Crippen LogP contribution >= 0.6 is 0 Å². The lowest BCUT2D eigenvalue weighted by Gasteiger charge is -2.18. The number of carbonyl (C=O) groups is 2. The molecule has 8 heteroatoms. The Hall–Kier alpha value is -3.16. The van der Waals surface area contributed by atoms with Crippen LogP contribution in [0, 0.1) is 0 Å². The third kappa shape index (κ3) is 7.31. The van der Waals surface area contributed by atoms with Crippen molar-refractivity contribution in [3.8, 4) is 11.5 Å². The summed E-state index contributed by atoms with van der Waals surface area (Å²) in [7, 11) is 1.58. The van der Waals surface area contributed by atoms with Crippen molar-refractivity contribution < 1.29 is 27.8 Å². The van der Waals surface area contributed by atoms with Crippen LogP contribution in [-0.2, 0) is 16.1 Å². The zero-order valence-electron chi connectivity index (χ0n) is 14.7. The number of hydrogen-bond donors (Lipinski definition) is 1. The number of likely N-dealkylation sites (N-methyl/N-ethyl adjacent to an activating group) is 1. The summed E-state index contributed by atoms with van der Waals surface area (Å²) in [4.78, 5) is 25.2. The first-order valence-electron chi connectivity index (χ1n) is 8.16. The molecule has 2 rings (SSSR count). The number of rotatable bonds is 9. The Morgan fingerprint density at radius 1 is 1.04 bits per heavy atom. The second-order valence-corrected chi connectivity index (χ2v) is 5.65. The number of carbonyl (C=O) groups excluding carboxylic acids is 2. The average molecular weight is 378 g/mol. The summed E-state index contributed by atoms with van der Waals surface area (Å²) in [6.07, 6.45) is 0. The minimum Gasteiger partial charge on any atom is -0.484 e. The third-order valence-corrected chi connectivity index (χ3v) is 3.54. The van der Waals surface area contributed by atoms with Crippen molar-refractivity contribution in [1.29, 1.82) is 0 Å². The van der Waals surface area contributed by atoms with Crippen LogP contribution in [0.4, 0.5) is 8.78 Å². The highest BCUT2D eigenvalue weighted by atomic mass is 19.3. The summed E-state index contributed by atoms with van der Waals surface area (Å²) in [5, 5.41) is 2.49. The number of para-hydroxylation sites is 1. The number of nitrogens with one attached hydrogen (secondary N) is 1. The summed E-state index contributed by atoms with van der Waals surface area (Å²) in [5.41, 5.74) is 0.742. The number of amides is 2. The number of hydrogen-bond acceptors (Lipinski definition) is 4. The highest BCUT2D eigenvalue weighted by Crippen LogP contribution is 2.15. The molecule has 0 fully saturated rings. The van der Waals surface area contributed by atoms with Crippen LogP contribution in [0.25, 0.3) is 0 Å². The van der Waals surface area contributed by atoms with E-state index in [1.54, 1.807) is 43.4 Å². The lowest BCUT2D eigenvalue weighted by atomic mass is 10.2. The predicted molar refractivity (Wildman–Crippen MR) is 94.5 cm³/mol. The molecular formula is C19H20F2N2O4. The summed E-state index contributed by atoms with van der Waals surface area (Å²) < 4.78 is 33.8. The van der Waals surface area contributed by atoms with E-state index in [1.165, 1.54) is 17.0 Å². The number of nitrogens with zero attached hydrogens (tertiary/aromatic N) is 1. The van der Waals surface area contributed by atoms with Gasteiger partial charge in [-0.3, -0.25) is 9.59 Å². The quantitative estimate of drug-likeness (QED) is 0.728. The lowest BCUT2D eigenvalue weighted by molar-refractivity contribution is -0.132. The number of ether oxygens (including phenoxy) is 2. The molecule has 0 aliphatic heterocycles. The van der Waals surface area contributed by atoms with Crippen molar-refractivity contribution in [2.24, 2.45) is 0 Å². The molecule has 0 spiro atoms. The molecule has 0 unspecified atom stereocenters. The fraction of sp³-hybridized carbons (Fsp3) is 0.263. The summed E-state index contributed by atoms with van der Waals surface area (Å²) in [6, 6.07) is 14.9. The van der Waals surface area contributed by atoms with E-state index in [0.717, 1.165) is 5.56 Å². The standard InChI is InChI=1S/C19H20F2N2O4/c1-23(12-14-7-9-16(10-8-14)27-19(20)21)18(25)11-22-17(24)13-26-15-5-3-2-4-6-15/h2-10,19H,11-13H2,1H3,(H,22,24). The Morgan fingerprint density at radius 2 is 1.70 bits per heavy atom. The summed E-state index contributed by atoms with van der Waals surface area (Å²) >= 11 is 0. The van der Waals surface area contributed by atoms with E-state index in [0.29, 0.717) is 5.75 Å². The van der Waals surface area contributed by atoms with Crippen LogP contribution in [0.5, 0.6) is 11.5 Å². The molecule has 0 atom stereocenters. The molecule has 0 saturated carbocycles. The smallest absolute Gasteiger partial charge is 0.387 e. The molecule has 6 nitrogen and oxygen atoms in total. The second-order valence-electron chi connectivity index (χ2n) is 5.65. The van der Waals surface area contributed by atoms with Gasteiger partial charge in [0.25, 0.3) is 5.91 Å². The normalized spacial score (nSPS) is 10.4. The van der Waals surface area contributed by atoms with Gasteiger partial charge in [-0.05, 0) is 29.8 Å². The SMILES string of the molecule is CN(Cc1ccc(OC(F)F)cc1)C(=O)CNC(=O)COc1ccccc1. The second kappa shape index (κ2) is 10.1. The van der Waals surface area contributed by atoms with E-state index in [9.17, 15) is 18.4 Å². The minimum absolute atomic E-state index is 0.0495. The molecule has 0 aromatic heterocycles. The fourth-order valence-electron chi connectivity index (χ4n) is 2.16. The maximum absolute atomic E-state index is 12.1. The van der Waals surface area contributed by atoms with Gasteiger partial charge in [-0.15, -0.1) is 0 Å². The summed E-state index contributed by atoms with van der Waals surface area (Å²) in [5.74, 6) is -0.0890. The van der Waals surface area contributed by atoms with Gasteiger partial charge in [0.1, 0.15) is 11.5 Å². The molecule has 0 saturated heterocycles. The highest BCUT2D eigenvalue weighted by Gasteiger charge is 2.12. The van der Waals surface area contributed by atoms with Gasteiger partial charge in [-0.1, -0.05) is 30.3 Å². The molecule has 1 N–H and O–H groups in total. The zero-order valence-corrected chi connectivity index (χ0v) is 14.7. The van der Waals surface area contributed by atoms with Gasteiger partial charge in [-0.2, -0.15) is 8.78 Å². The van der Waals surface area contributed by atoms with Crippen molar-refractivity contribution in [2.75, 3.05) is 20.2 Å². The Balaban J connectivity index is 1.72. The molecule has 2 aromatic rings. The highest BCUT2D eigenvalue weighted by molar-refractivity contribution is 5.85. The lowest BCUT2D eigenvalue weighted by Crippen LogP contribution is -2.39. The van der Waals surface area contributed by atoms with Crippen molar-refractivity contribution in [3.63, 3.8) is 0 Å². The number of benzene rings is 2. The van der Waals surface area contributed by atoms with Gasteiger partial charge in [0.2, 0.25) is 5.91 Å². The van der Waals surface area contributed by atoms with Gasteiger partial charge in [0.15, 0.2) is 6.61 Å². The van der Waals surface area contributed by atoms with E-state index in [1.807, 2.05) is 6.07 Å². The molecule has 27 heavy (non-hydrogen) atoms. The van der Waals surface area contributed by atoms with Crippen LogP contribution < -0.4 is 14.8 Å². The maximum atomic E-state index is 12.1. The van der Waals surface area contributed by atoms with Crippen LogP contribution in [-0.4, -0.2) is 43.5 Å². The van der Waals surface area contributed by atoms with Crippen molar-refractivity contribution in [1.82, 2.24) is 10.2 Å². The van der Waals surface area contributed by atoms with Gasteiger partial charge < -0.3 is 19.7 Å². The Labute approximate surface area is 155 Å². The molecule has 0 heterocycles. The zero-order chi connectivity index (χ0) is 19.6. The molecule has 0 aliphatic rings. The monoisotopic (exact) mass is 378 g/mol. The van der Waals surface area contributed by atoms with E-state index < -0.39 is 12.5 Å². The van der Waals surface area contributed by atoms with Crippen LogP contribution in [0.2, 0.25) is 0 Å². The van der Waals surface area contributed by atoms with E-state index in [2.05, 4.69) is 10.1 Å². The largest absolute Gasteiger partial charge is 0.484 e. The van der Waals surface area contributed by atoms with E-state index in [4.69, 9.17) is 4.74 Å². The fourth-order valence-corrected chi connectivity index (χ4v) is 2.16. The average Bonchev–Trinajstić information content (AvgIpc) is 2.66. The number of halogens is 2. The van der Waals surface area contributed by atoms with Gasteiger partial charge in [0.05, 0.1) is 6.54 Å². The van der Waals surface area contributed by atoms with Crippen LogP contribution in [0.1, 0.15) is 5.56 Å². The first kappa shape index (κ1) is 20.2. The summed E-state index contributed by atoms with van der Waals surface area (Å²) in [6.45, 7) is -2.97. The predicted octanol–water partition coefficient (Wildman–Crippen LogP) is 2.44. The van der Waals surface area contributed by atoms with Crippen LogP contribution in [0.3, 0.4) is 0 Å². The maximum Gasteiger partial charge on any atom is 0.387 e.